The fourth-order valence-corrected chi connectivity index (χ4v) is 2.66. The van der Waals surface area contributed by atoms with Crippen LogP contribution < -0.4 is 0 Å². The first-order valence-corrected chi connectivity index (χ1v) is 7.06. The molecule has 2 rings (SSSR count). The third-order valence-electron chi connectivity index (χ3n) is 2.46. The Morgan fingerprint density at radius 3 is 2.76 bits per heavy atom. The zero-order chi connectivity index (χ0) is 12.6. The number of benzene rings is 1. The van der Waals surface area contributed by atoms with Gasteiger partial charge in [-0.15, -0.1) is 0 Å². The minimum Gasteiger partial charge on any atom is -0.382 e. The number of aliphatic hydroxyl groups is 1. The van der Waals surface area contributed by atoms with E-state index in [1.165, 1.54) is 0 Å². The van der Waals surface area contributed by atoms with Crippen molar-refractivity contribution in [3.8, 4) is 0 Å². The van der Waals surface area contributed by atoms with Gasteiger partial charge in [-0.05, 0) is 56.2 Å². The molecule has 1 aromatic carbocycles. The van der Waals surface area contributed by atoms with Crippen molar-refractivity contribution in [2.24, 2.45) is 7.05 Å². The van der Waals surface area contributed by atoms with Crippen molar-refractivity contribution in [2.45, 2.75) is 6.10 Å². The number of hydrogen-bond acceptors (Lipinski definition) is 2. The normalized spacial score (nSPS) is 12.8. The van der Waals surface area contributed by atoms with E-state index in [-0.39, 0.29) is 0 Å². The minimum absolute atomic E-state index is 0.639. The topological polar surface area (TPSA) is 38.0 Å². The molecule has 0 saturated carbocycles. The second-order valence-electron chi connectivity index (χ2n) is 3.58. The van der Waals surface area contributed by atoms with Gasteiger partial charge >= 0.3 is 0 Å². The molecule has 3 nitrogen and oxygen atoms in total. The van der Waals surface area contributed by atoms with E-state index < -0.39 is 6.10 Å². The van der Waals surface area contributed by atoms with Crippen LogP contribution in [0.15, 0.2) is 28.9 Å². The lowest BCUT2D eigenvalue weighted by molar-refractivity contribution is 0.209. The molecule has 0 aliphatic rings. The van der Waals surface area contributed by atoms with Crippen molar-refractivity contribution in [3.63, 3.8) is 0 Å². The summed E-state index contributed by atoms with van der Waals surface area (Å²) in [4.78, 5) is 0. The Bertz CT molecular complexity index is 539. The summed E-state index contributed by atoms with van der Waals surface area (Å²) in [5.74, 6) is 0. The van der Waals surface area contributed by atoms with Crippen molar-refractivity contribution in [1.29, 1.82) is 0 Å². The van der Waals surface area contributed by atoms with Gasteiger partial charge in [0.15, 0.2) is 0 Å². The minimum atomic E-state index is -0.744. The molecule has 0 fully saturated rings. The van der Waals surface area contributed by atoms with Crippen molar-refractivity contribution in [1.82, 2.24) is 9.78 Å². The number of nitrogens with zero attached hydrogens (tertiary/aromatic N) is 2. The molecule has 1 aromatic heterocycles. The van der Waals surface area contributed by atoms with E-state index >= 15 is 0 Å². The van der Waals surface area contributed by atoms with Gasteiger partial charge in [0.2, 0.25) is 0 Å². The molecular weight excluding hydrogens is 418 g/mol. The summed E-state index contributed by atoms with van der Waals surface area (Å²) >= 11 is 11.6. The molecule has 1 N–H and O–H groups in total. The Hall–Kier alpha value is -0.110. The van der Waals surface area contributed by atoms with Gasteiger partial charge in [-0.25, -0.2) is 0 Å². The lowest BCUT2D eigenvalue weighted by Gasteiger charge is -2.13. The number of aliphatic hydroxyl groups excluding tert-OH is 1. The third-order valence-corrected chi connectivity index (χ3v) is 4.64. The van der Waals surface area contributed by atoms with Gasteiger partial charge in [0.05, 0.1) is 21.4 Å². The maximum atomic E-state index is 10.3. The molecule has 0 saturated heterocycles. The van der Waals surface area contributed by atoms with Crippen LogP contribution >= 0.6 is 50.1 Å². The van der Waals surface area contributed by atoms with Gasteiger partial charge in [0.1, 0.15) is 6.10 Å². The monoisotopic (exact) mass is 426 g/mol. The largest absolute Gasteiger partial charge is 0.382 e. The average molecular weight is 427 g/mol. The van der Waals surface area contributed by atoms with Crippen LogP contribution in [0.2, 0.25) is 5.02 Å². The van der Waals surface area contributed by atoms with E-state index in [1.54, 1.807) is 24.0 Å². The highest BCUT2D eigenvalue weighted by Crippen LogP contribution is 2.30. The van der Waals surface area contributed by atoms with Gasteiger partial charge in [-0.1, -0.05) is 17.7 Å². The number of halogens is 3. The molecule has 90 valence electrons. The average Bonchev–Trinajstić information content (AvgIpc) is 2.62. The van der Waals surface area contributed by atoms with Crippen LogP contribution in [0.5, 0.6) is 0 Å². The standard InChI is InChI=1S/C11H9BrClIN2O/c1-16-10(7(12)5-15-16)11(17)6-2-3-9(14)8(13)4-6/h2-5,11,17H,1H3. The summed E-state index contributed by atoms with van der Waals surface area (Å²) in [7, 11) is 1.79. The Morgan fingerprint density at radius 1 is 1.53 bits per heavy atom. The van der Waals surface area contributed by atoms with Gasteiger partial charge in [0.25, 0.3) is 0 Å². The SMILES string of the molecule is Cn1ncc(Br)c1C(O)c1ccc(I)c(Cl)c1. The van der Waals surface area contributed by atoms with E-state index in [1.807, 2.05) is 12.1 Å². The maximum Gasteiger partial charge on any atom is 0.122 e. The Kier molecular flexibility index (Phi) is 4.12. The first-order valence-electron chi connectivity index (χ1n) is 4.81. The summed E-state index contributed by atoms with van der Waals surface area (Å²) < 4.78 is 3.38. The maximum absolute atomic E-state index is 10.3. The first-order chi connectivity index (χ1) is 8.00. The van der Waals surface area contributed by atoms with Crippen LogP contribution in [-0.2, 0) is 7.05 Å². The second kappa shape index (κ2) is 5.26. The van der Waals surface area contributed by atoms with Crippen LogP contribution in [0.25, 0.3) is 0 Å². The number of aryl methyl sites for hydroxylation is 1. The molecule has 0 radical (unpaired) electrons. The van der Waals surface area contributed by atoms with Gasteiger partial charge in [0, 0.05) is 10.6 Å². The fourth-order valence-electron chi connectivity index (χ4n) is 1.57. The highest BCUT2D eigenvalue weighted by atomic mass is 127. The summed E-state index contributed by atoms with van der Waals surface area (Å²) in [5.41, 5.74) is 1.46. The zero-order valence-electron chi connectivity index (χ0n) is 8.86. The van der Waals surface area contributed by atoms with Crippen molar-refractivity contribution in [2.75, 3.05) is 0 Å². The van der Waals surface area contributed by atoms with E-state index in [9.17, 15) is 5.11 Å². The summed E-state index contributed by atoms with van der Waals surface area (Å²) in [6.45, 7) is 0. The van der Waals surface area contributed by atoms with Crippen LogP contribution in [0.4, 0.5) is 0 Å². The van der Waals surface area contributed by atoms with Crippen LogP contribution in [-0.4, -0.2) is 14.9 Å². The van der Waals surface area contributed by atoms with Crippen LogP contribution in [0.3, 0.4) is 0 Å². The van der Waals surface area contributed by atoms with Gasteiger partial charge in [-0.2, -0.15) is 5.10 Å². The Balaban J connectivity index is 2.43. The van der Waals surface area contributed by atoms with Crippen molar-refractivity contribution < 1.29 is 5.11 Å². The lowest BCUT2D eigenvalue weighted by atomic mass is 10.1. The highest BCUT2D eigenvalue weighted by Gasteiger charge is 2.18. The number of hydrogen-bond donors (Lipinski definition) is 1. The molecule has 0 amide bonds. The lowest BCUT2D eigenvalue weighted by Crippen LogP contribution is -2.07. The molecule has 0 aliphatic heterocycles. The van der Waals surface area contributed by atoms with Crippen LogP contribution in [0.1, 0.15) is 17.4 Å². The molecule has 1 atom stereocenters. The van der Waals surface area contributed by atoms with Gasteiger partial charge < -0.3 is 5.11 Å². The van der Waals surface area contributed by atoms with Crippen LogP contribution in [0, 0.1) is 3.57 Å². The molecule has 0 aliphatic carbocycles. The predicted molar refractivity (Wildman–Crippen MR) is 79.1 cm³/mol. The van der Waals surface area contributed by atoms with Crippen molar-refractivity contribution in [3.05, 3.63) is 48.7 Å². The zero-order valence-corrected chi connectivity index (χ0v) is 13.4. The second-order valence-corrected chi connectivity index (χ2v) is 6.00. The highest BCUT2D eigenvalue weighted by molar-refractivity contribution is 14.1. The Labute approximate surface area is 126 Å². The Morgan fingerprint density at radius 2 is 2.24 bits per heavy atom. The van der Waals surface area contributed by atoms with E-state index in [2.05, 4.69) is 43.6 Å². The smallest absolute Gasteiger partial charge is 0.122 e. The molecule has 0 bridgehead atoms. The summed E-state index contributed by atoms with van der Waals surface area (Å²) in [6, 6.07) is 5.51. The van der Waals surface area contributed by atoms with E-state index in [0.717, 1.165) is 13.6 Å². The quantitative estimate of drug-likeness (QED) is 0.745. The fraction of sp³-hybridized carbons (Fsp3) is 0.182. The molecule has 6 heteroatoms. The van der Waals surface area contributed by atoms with E-state index in [0.29, 0.717) is 10.7 Å². The van der Waals surface area contributed by atoms with Gasteiger partial charge in [-0.3, -0.25) is 4.68 Å². The third kappa shape index (κ3) is 2.67. The summed E-state index contributed by atoms with van der Waals surface area (Å²) in [5, 5.41) is 15.0. The molecule has 1 heterocycles. The molecule has 17 heavy (non-hydrogen) atoms. The first kappa shape index (κ1) is 13.3. The van der Waals surface area contributed by atoms with Crippen molar-refractivity contribution >= 4 is 50.1 Å². The summed E-state index contributed by atoms with van der Waals surface area (Å²) in [6.07, 6.45) is 0.915. The molecule has 2 aromatic rings. The number of aromatic nitrogens is 2. The van der Waals surface area contributed by atoms with E-state index in [4.69, 9.17) is 11.6 Å². The molecule has 1 unspecified atom stereocenters. The number of rotatable bonds is 2. The predicted octanol–water partition coefficient (Wildman–Crippen LogP) is 3.52. The molecule has 0 spiro atoms. The molecular formula is C11H9BrClIN2O.